The topological polar surface area (TPSA) is 21.5 Å². The summed E-state index contributed by atoms with van der Waals surface area (Å²) < 4.78 is 1.93. The highest BCUT2D eigenvalue weighted by atomic mass is 16.1. The molecule has 0 fully saturated rings. The maximum absolute atomic E-state index is 14.2. The van der Waals surface area contributed by atoms with E-state index in [1.165, 1.54) is 16.3 Å². The van der Waals surface area contributed by atoms with E-state index in [-0.39, 0.29) is 5.56 Å². The number of pyridine rings is 1. The van der Waals surface area contributed by atoms with E-state index in [9.17, 15) is 4.79 Å². The fourth-order valence-electron chi connectivity index (χ4n) is 7.67. The van der Waals surface area contributed by atoms with E-state index >= 15 is 0 Å². The van der Waals surface area contributed by atoms with Gasteiger partial charge in [-0.15, -0.1) is 0 Å². The summed E-state index contributed by atoms with van der Waals surface area (Å²) in [6, 6.07) is 46.8. The monoisotopic (exact) mass is 599 g/mol. The van der Waals surface area contributed by atoms with Gasteiger partial charge in [0.1, 0.15) is 0 Å². The van der Waals surface area contributed by atoms with E-state index in [0.29, 0.717) is 0 Å². The summed E-state index contributed by atoms with van der Waals surface area (Å²) >= 11 is 0. The van der Waals surface area contributed by atoms with Crippen LogP contribution in [0.5, 0.6) is 0 Å². The molecule has 47 heavy (non-hydrogen) atoms. The minimum Gasteiger partial charge on any atom is -0.275 e. The normalized spacial score (nSPS) is 12.2. The first-order valence-electron chi connectivity index (χ1n) is 15.9. The molecular weight excluding hydrogens is 571 g/mol. The molecule has 0 amide bonds. The minimum atomic E-state index is 0.0134. The number of allylic oxidation sites excluding steroid dienone is 4. The van der Waals surface area contributed by atoms with Crippen molar-refractivity contribution in [2.45, 2.75) is 0 Å². The van der Waals surface area contributed by atoms with Crippen LogP contribution in [0.2, 0.25) is 0 Å². The van der Waals surface area contributed by atoms with Crippen LogP contribution < -0.4 is 5.56 Å². The average molecular weight is 600 g/mol. The zero-order chi connectivity index (χ0) is 31.6. The molecule has 0 radical (unpaired) electrons. The second-order valence-corrected chi connectivity index (χ2v) is 12.1. The summed E-state index contributed by atoms with van der Waals surface area (Å²) in [7, 11) is 0. The Kier molecular flexibility index (Phi) is 6.00. The standard InChI is InChI=1S/C45H29NO/c1-3-14-28(4-2)42-33-18-9-11-20-35(33)43(36-21-12-10-19-34(36)42)30-23-24-41-38(25-30)40-27-31(29-15-6-5-7-16-29)26-39-32-17-8-13-22-37(32)45(47)46(41)44(39)40/h3-27H,1-2H2/b28-14+. The Labute approximate surface area is 271 Å². The summed E-state index contributed by atoms with van der Waals surface area (Å²) in [5.41, 5.74) is 8.66. The van der Waals surface area contributed by atoms with E-state index in [4.69, 9.17) is 0 Å². The molecule has 0 N–H and O–H groups in total. The van der Waals surface area contributed by atoms with Crippen molar-refractivity contribution in [2.24, 2.45) is 0 Å². The Balaban J connectivity index is 1.44. The number of hydrogen-bond donors (Lipinski definition) is 0. The van der Waals surface area contributed by atoms with E-state index in [2.05, 4.69) is 122 Å². The Morgan fingerprint density at radius 1 is 0.511 bits per heavy atom. The van der Waals surface area contributed by atoms with Crippen molar-refractivity contribution in [3.05, 3.63) is 181 Å². The predicted octanol–water partition coefficient (Wildman–Crippen LogP) is 11.6. The van der Waals surface area contributed by atoms with Crippen LogP contribution in [0.4, 0.5) is 0 Å². The number of hydrogen-bond acceptors (Lipinski definition) is 1. The minimum absolute atomic E-state index is 0.0134. The lowest BCUT2D eigenvalue weighted by molar-refractivity contribution is 1.21. The quantitative estimate of drug-likeness (QED) is 0.110. The number of nitrogens with zero attached hydrogens (tertiary/aromatic N) is 1. The Morgan fingerprint density at radius 3 is 1.70 bits per heavy atom. The van der Waals surface area contributed by atoms with Crippen molar-refractivity contribution in [2.75, 3.05) is 0 Å². The van der Waals surface area contributed by atoms with Gasteiger partial charge in [0, 0.05) is 21.5 Å². The van der Waals surface area contributed by atoms with Crippen molar-refractivity contribution < 1.29 is 0 Å². The summed E-state index contributed by atoms with van der Waals surface area (Å²) in [6.45, 7) is 8.11. The fourth-order valence-corrected chi connectivity index (χ4v) is 7.67. The SMILES string of the molecule is C=C/C=C(\C=C)c1c2ccccc2c(-c2ccc3c(c2)c2cc(-c4ccccc4)cc4c5ccccc5c(=O)n3c42)c2ccccc12. The van der Waals surface area contributed by atoms with Crippen LogP contribution in [0.15, 0.2) is 170 Å². The van der Waals surface area contributed by atoms with Crippen LogP contribution >= 0.6 is 0 Å². The molecule has 0 bridgehead atoms. The van der Waals surface area contributed by atoms with Crippen LogP contribution in [-0.2, 0) is 0 Å². The van der Waals surface area contributed by atoms with Gasteiger partial charge in [-0.25, -0.2) is 0 Å². The molecule has 0 aliphatic heterocycles. The third-order valence-electron chi connectivity index (χ3n) is 9.65. The van der Waals surface area contributed by atoms with Gasteiger partial charge in [0.2, 0.25) is 0 Å². The van der Waals surface area contributed by atoms with E-state index in [1.54, 1.807) is 0 Å². The first-order chi connectivity index (χ1) is 23.2. The molecule has 0 spiro atoms. The lowest BCUT2D eigenvalue weighted by Crippen LogP contribution is -2.12. The fraction of sp³-hybridized carbons (Fsp3) is 0. The van der Waals surface area contributed by atoms with E-state index in [0.717, 1.165) is 76.6 Å². The molecule has 2 aromatic heterocycles. The van der Waals surface area contributed by atoms with Gasteiger partial charge in [0.05, 0.1) is 11.0 Å². The van der Waals surface area contributed by atoms with Crippen LogP contribution in [0.25, 0.3) is 87.3 Å². The van der Waals surface area contributed by atoms with Gasteiger partial charge in [0.15, 0.2) is 0 Å². The Hall–Kier alpha value is -6.25. The van der Waals surface area contributed by atoms with Gasteiger partial charge < -0.3 is 0 Å². The second kappa shape index (κ2) is 10.4. The van der Waals surface area contributed by atoms with Gasteiger partial charge in [0.25, 0.3) is 5.56 Å². The first-order valence-corrected chi connectivity index (χ1v) is 15.9. The number of aromatic nitrogens is 1. The van der Waals surface area contributed by atoms with Crippen LogP contribution in [0.1, 0.15) is 5.56 Å². The molecule has 9 rings (SSSR count). The van der Waals surface area contributed by atoms with Gasteiger partial charge in [-0.1, -0.05) is 135 Å². The Morgan fingerprint density at radius 2 is 1.06 bits per heavy atom. The number of rotatable bonds is 5. The first kappa shape index (κ1) is 27.1. The summed E-state index contributed by atoms with van der Waals surface area (Å²) in [4.78, 5) is 14.2. The molecule has 7 aromatic carbocycles. The zero-order valence-electron chi connectivity index (χ0n) is 25.7. The summed E-state index contributed by atoms with van der Waals surface area (Å²) in [6.07, 6.45) is 5.76. The third kappa shape index (κ3) is 3.89. The largest absolute Gasteiger partial charge is 0.275 e. The number of benzene rings is 7. The zero-order valence-corrected chi connectivity index (χ0v) is 25.7. The smallest absolute Gasteiger partial charge is 0.263 e. The van der Waals surface area contributed by atoms with E-state index < -0.39 is 0 Å². The van der Waals surface area contributed by atoms with Crippen LogP contribution in [-0.4, -0.2) is 4.40 Å². The van der Waals surface area contributed by atoms with Crippen molar-refractivity contribution in [1.29, 1.82) is 0 Å². The average Bonchev–Trinajstić information content (AvgIpc) is 3.46. The third-order valence-corrected chi connectivity index (χ3v) is 9.65. The molecule has 0 saturated heterocycles. The highest BCUT2D eigenvalue weighted by molar-refractivity contribution is 6.24. The molecule has 220 valence electrons. The Bertz CT molecular complexity index is 2780. The summed E-state index contributed by atoms with van der Waals surface area (Å²) in [5, 5.41) is 9.59. The second-order valence-electron chi connectivity index (χ2n) is 12.1. The molecule has 0 unspecified atom stereocenters. The van der Waals surface area contributed by atoms with Gasteiger partial charge in [-0.3, -0.25) is 9.20 Å². The van der Waals surface area contributed by atoms with Crippen molar-refractivity contribution >= 4 is 65.1 Å². The maximum Gasteiger partial charge on any atom is 0.263 e. The maximum atomic E-state index is 14.2. The highest BCUT2D eigenvalue weighted by Crippen LogP contribution is 2.44. The van der Waals surface area contributed by atoms with Gasteiger partial charge >= 0.3 is 0 Å². The number of fused-ring (bicyclic) bond motifs is 7. The summed E-state index contributed by atoms with van der Waals surface area (Å²) in [5.74, 6) is 0. The molecule has 0 saturated carbocycles. The lowest BCUT2D eigenvalue weighted by atomic mass is 9.85. The highest BCUT2D eigenvalue weighted by Gasteiger charge is 2.21. The van der Waals surface area contributed by atoms with Crippen LogP contribution in [0.3, 0.4) is 0 Å². The molecule has 2 nitrogen and oxygen atoms in total. The molecule has 2 heterocycles. The van der Waals surface area contributed by atoms with Gasteiger partial charge in [-0.2, -0.15) is 0 Å². The van der Waals surface area contributed by atoms with Crippen LogP contribution in [0, 0.1) is 0 Å². The van der Waals surface area contributed by atoms with Gasteiger partial charge in [-0.05, 0) is 90.7 Å². The molecule has 0 atom stereocenters. The lowest BCUT2D eigenvalue weighted by Gasteiger charge is -2.18. The van der Waals surface area contributed by atoms with E-state index in [1.807, 2.05) is 46.9 Å². The van der Waals surface area contributed by atoms with Crippen molar-refractivity contribution in [1.82, 2.24) is 4.40 Å². The van der Waals surface area contributed by atoms with Crippen molar-refractivity contribution in [3.8, 4) is 22.3 Å². The predicted molar refractivity (Wildman–Crippen MR) is 202 cm³/mol. The molecule has 2 heteroatoms. The molecule has 0 aliphatic carbocycles. The van der Waals surface area contributed by atoms with Crippen molar-refractivity contribution in [3.63, 3.8) is 0 Å². The molecule has 0 aliphatic rings. The molecular formula is C45H29NO. The molecule has 9 aromatic rings.